The molecule has 2 aliphatic rings. The highest BCUT2D eigenvalue weighted by Gasteiger charge is 2.25. The molecular formula is C45H52ClN11O4. The lowest BCUT2D eigenvalue weighted by molar-refractivity contribution is 0.0887. The highest BCUT2D eigenvalue weighted by atomic mass is 35.5. The summed E-state index contributed by atoms with van der Waals surface area (Å²) >= 11 is 6.13. The summed E-state index contributed by atoms with van der Waals surface area (Å²) in [6, 6.07) is 18.3. The van der Waals surface area contributed by atoms with Gasteiger partial charge >= 0.3 is 0 Å². The van der Waals surface area contributed by atoms with E-state index in [0.717, 1.165) is 118 Å². The van der Waals surface area contributed by atoms with Crippen LogP contribution in [0.15, 0.2) is 71.8 Å². The molecule has 318 valence electrons. The molecule has 5 heterocycles. The molecular weight excluding hydrogens is 794 g/mol. The molecule has 0 unspecified atom stereocenters. The van der Waals surface area contributed by atoms with Gasteiger partial charge in [0.05, 0.1) is 39.6 Å². The first-order valence-corrected chi connectivity index (χ1v) is 21.6. The van der Waals surface area contributed by atoms with Gasteiger partial charge in [-0.15, -0.1) is 10.2 Å². The Morgan fingerprint density at radius 3 is 2.38 bits per heavy atom. The van der Waals surface area contributed by atoms with Gasteiger partial charge in [0.1, 0.15) is 23.3 Å². The van der Waals surface area contributed by atoms with Crippen molar-refractivity contribution in [3.05, 3.63) is 110 Å². The van der Waals surface area contributed by atoms with Crippen LogP contribution >= 0.6 is 11.6 Å². The van der Waals surface area contributed by atoms with Crippen molar-refractivity contribution in [3.8, 4) is 11.8 Å². The minimum absolute atomic E-state index is 0.0225. The number of unbranched alkanes of at least 4 members (excludes halogenated alkanes) is 3. The molecule has 61 heavy (non-hydrogen) atoms. The zero-order valence-electron chi connectivity index (χ0n) is 34.5. The SMILES string of the molecule is CCc1cc2ncc(CN3CCN(c4ccc(C(=O)NCCCCCCNc5ccc(C(=O)NC6CCC(Oc7ccc(C#N)c(Cl)c7)CC6)nn5)nc4)CC3)cc2[nH]c1=O. The average Bonchev–Trinajstić information content (AvgIpc) is 3.28. The van der Waals surface area contributed by atoms with E-state index in [1.807, 2.05) is 37.4 Å². The summed E-state index contributed by atoms with van der Waals surface area (Å²) in [6.45, 7) is 7.49. The fraction of sp³-hybridized carbons (Fsp3) is 0.422. The molecule has 1 aromatic carbocycles. The third kappa shape index (κ3) is 11.8. The maximum absolute atomic E-state index is 12.8. The predicted molar refractivity (Wildman–Crippen MR) is 235 cm³/mol. The number of fused-ring (bicyclic) bond motifs is 1. The number of nitrogens with zero attached hydrogens (tertiary/aromatic N) is 7. The monoisotopic (exact) mass is 845 g/mol. The summed E-state index contributed by atoms with van der Waals surface area (Å²) in [7, 11) is 0. The lowest BCUT2D eigenvalue weighted by atomic mass is 9.93. The Kier molecular flexibility index (Phi) is 14.7. The van der Waals surface area contributed by atoms with Crippen LogP contribution in [-0.2, 0) is 13.0 Å². The topological polar surface area (TPSA) is 194 Å². The molecule has 5 aromatic rings. The lowest BCUT2D eigenvalue weighted by Gasteiger charge is -2.36. The standard InChI is InChI=1S/C45H52ClN11O4/c1-2-31-24-40-41(53-43(31)58)23-30(27-50-40)29-56-19-21-57(22-20-56)34-10-14-38(51-28-34)44(59)49-18-6-4-3-5-17-48-42-16-15-39(54-55-42)45(60)52-33-8-12-35(13-9-33)61-36-11-7-32(26-47)37(46)25-36/h7,10-11,14-16,23-25,27-28,33,35H,2-6,8-9,12-13,17-22,29H2,1H3,(H,48,55)(H,49,59)(H,52,60)(H,53,58). The zero-order valence-corrected chi connectivity index (χ0v) is 35.2. The van der Waals surface area contributed by atoms with Crippen LogP contribution in [0.25, 0.3) is 11.0 Å². The highest BCUT2D eigenvalue weighted by molar-refractivity contribution is 6.31. The number of ether oxygens (including phenoxy) is 1. The van der Waals surface area contributed by atoms with Crippen LogP contribution in [0.2, 0.25) is 5.02 Å². The molecule has 0 spiro atoms. The number of nitrogens with one attached hydrogen (secondary N) is 4. The number of halogens is 1. The van der Waals surface area contributed by atoms with E-state index in [2.05, 4.69) is 50.9 Å². The first-order valence-electron chi connectivity index (χ1n) is 21.2. The molecule has 1 aliphatic heterocycles. The molecule has 0 atom stereocenters. The van der Waals surface area contributed by atoms with E-state index in [1.54, 1.807) is 42.6 Å². The number of anilines is 2. The van der Waals surface area contributed by atoms with Gasteiger partial charge in [0, 0.05) is 69.7 Å². The van der Waals surface area contributed by atoms with Crippen molar-refractivity contribution < 1.29 is 14.3 Å². The van der Waals surface area contributed by atoms with Gasteiger partial charge in [-0.25, -0.2) is 4.98 Å². The molecule has 4 N–H and O–H groups in total. The molecule has 1 aliphatic carbocycles. The minimum atomic E-state index is -0.244. The van der Waals surface area contributed by atoms with Crippen LogP contribution in [0.4, 0.5) is 11.5 Å². The number of benzene rings is 1. The second-order valence-corrected chi connectivity index (χ2v) is 16.0. The quantitative estimate of drug-likeness (QED) is 0.0795. The van der Waals surface area contributed by atoms with E-state index in [4.69, 9.17) is 21.6 Å². The van der Waals surface area contributed by atoms with Crippen LogP contribution in [0.5, 0.6) is 5.75 Å². The Balaban J connectivity index is 0.723. The summed E-state index contributed by atoms with van der Waals surface area (Å²) in [4.78, 5) is 54.5. The number of pyridine rings is 3. The summed E-state index contributed by atoms with van der Waals surface area (Å²) in [5, 5.41) is 27.1. The highest BCUT2D eigenvalue weighted by Crippen LogP contribution is 2.27. The van der Waals surface area contributed by atoms with Crippen LogP contribution in [0.3, 0.4) is 0 Å². The number of piperazine rings is 1. The molecule has 1 saturated heterocycles. The summed E-state index contributed by atoms with van der Waals surface area (Å²) in [6.07, 6.45) is 11.3. The van der Waals surface area contributed by atoms with Gasteiger partial charge in [-0.05, 0) is 99.0 Å². The third-order valence-electron chi connectivity index (χ3n) is 11.3. The molecule has 0 bridgehead atoms. The maximum Gasteiger partial charge on any atom is 0.272 e. The summed E-state index contributed by atoms with van der Waals surface area (Å²) in [5.74, 6) is 0.840. The second kappa shape index (κ2) is 20.9. The smallest absolute Gasteiger partial charge is 0.272 e. The number of amides is 2. The molecule has 0 radical (unpaired) electrons. The number of nitriles is 1. The number of carbonyl (C=O) groups is 2. The van der Waals surface area contributed by atoms with E-state index in [9.17, 15) is 14.4 Å². The lowest BCUT2D eigenvalue weighted by Crippen LogP contribution is -2.46. The third-order valence-corrected chi connectivity index (χ3v) is 11.6. The van der Waals surface area contributed by atoms with E-state index in [1.165, 1.54) is 0 Å². The van der Waals surface area contributed by atoms with E-state index >= 15 is 0 Å². The Labute approximate surface area is 360 Å². The summed E-state index contributed by atoms with van der Waals surface area (Å²) < 4.78 is 6.06. The minimum Gasteiger partial charge on any atom is -0.490 e. The number of aromatic amines is 1. The Hall–Kier alpha value is -6.11. The Morgan fingerprint density at radius 2 is 1.67 bits per heavy atom. The van der Waals surface area contributed by atoms with Gasteiger partial charge in [0.25, 0.3) is 17.4 Å². The molecule has 1 saturated carbocycles. The van der Waals surface area contributed by atoms with Gasteiger partial charge < -0.3 is 30.6 Å². The molecule has 2 amide bonds. The van der Waals surface area contributed by atoms with Gasteiger partial charge in [0.2, 0.25) is 0 Å². The molecule has 2 fully saturated rings. The van der Waals surface area contributed by atoms with Gasteiger partial charge in [-0.2, -0.15) is 5.26 Å². The first-order chi connectivity index (χ1) is 29.7. The van der Waals surface area contributed by atoms with Crippen molar-refractivity contribution in [1.82, 2.24) is 40.7 Å². The van der Waals surface area contributed by atoms with Crippen LogP contribution in [0.1, 0.15) is 96.0 Å². The van der Waals surface area contributed by atoms with Crippen LogP contribution < -0.4 is 31.1 Å². The fourth-order valence-electron chi connectivity index (χ4n) is 7.74. The normalized spacial score (nSPS) is 16.8. The molecule has 4 aromatic heterocycles. The van der Waals surface area contributed by atoms with Crippen molar-refractivity contribution in [1.29, 1.82) is 5.26 Å². The number of hydrogen-bond donors (Lipinski definition) is 4. The fourth-order valence-corrected chi connectivity index (χ4v) is 7.96. The number of H-pyrrole nitrogens is 1. The number of carbonyl (C=O) groups excluding carboxylic acids is 2. The number of aryl methyl sites for hydroxylation is 1. The largest absolute Gasteiger partial charge is 0.490 e. The van der Waals surface area contributed by atoms with Gasteiger partial charge in [0.15, 0.2) is 5.69 Å². The van der Waals surface area contributed by atoms with E-state index in [-0.39, 0.29) is 35.2 Å². The zero-order chi connectivity index (χ0) is 42.6. The summed E-state index contributed by atoms with van der Waals surface area (Å²) in [5.41, 5.74) is 5.44. The van der Waals surface area contributed by atoms with Crippen LogP contribution in [0, 0.1) is 11.3 Å². The number of hydrogen-bond acceptors (Lipinski definition) is 12. The predicted octanol–water partition coefficient (Wildman–Crippen LogP) is 6.04. The molecule has 16 heteroatoms. The Morgan fingerprint density at radius 1 is 0.885 bits per heavy atom. The van der Waals surface area contributed by atoms with Crippen molar-refractivity contribution in [2.45, 2.75) is 83.4 Å². The first kappa shape index (κ1) is 43.0. The number of rotatable bonds is 17. The van der Waals surface area contributed by atoms with Crippen molar-refractivity contribution in [2.24, 2.45) is 0 Å². The van der Waals surface area contributed by atoms with E-state index < -0.39 is 0 Å². The Bertz CT molecular complexity index is 2370. The van der Waals surface area contributed by atoms with Crippen LogP contribution in [-0.4, -0.2) is 93.3 Å². The van der Waals surface area contributed by atoms with Crippen molar-refractivity contribution in [2.75, 3.05) is 49.5 Å². The maximum atomic E-state index is 12.8. The second-order valence-electron chi connectivity index (χ2n) is 15.6. The molecule has 7 rings (SSSR count). The van der Waals surface area contributed by atoms with Crippen molar-refractivity contribution >= 4 is 46.0 Å². The van der Waals surface area contributed by atoms with Crippen molar-refractivity contribution in [3.63, 3.8) is 0 Å². The van der Waals surface area contributed by atoms with Gasteiger partial charge in [-0.1, -0.05) is 31.4 Å². The number of aromatic nitrogens is 5. The van der Waals surface area contributed by atoms with Gasteiger partial charge in [-0.3, -0.25) is 24.3 Å². The van der Waals surface area contributed by atoms with E-state index in [0.29, 0.717) is 40.8 Å². The molecule has 15 nitrogen and oxygen atoms in total. The average molecular weight is 846 g/mol.